The molecule has 0 saturated heterocycles. The molecule has 8 heteroatoms. The Bertz CT molecular complexity index is 804. The fourth-order valence-corrected chi connectivity index (χ4v) is 2.32. The van der Waals surface area contributed by atoms with E-state index in [-0.39, 0.29) is 24.5 Å². The molecule has 0 aliphatic rings. The molecule has 2 aromatic rings. The number of nitrogens with one attached hydrogen (secondary N) is 1. The Morgan fingerprint density at radius 3 is 2.48 bits per heavy atom. The maximum Gasteiger partial charge on any atom is 0.306 e. The summed E-state index contributed by atoms with van der Waals surface area (Å²) in [5.41, 5.74) is 0.803. The van der Waals surface area contributed by atoms with Crippen LogP contribution in [0, 0.1) is 10.1 Å². The van der Waals surface area contributed by atoms with Gasteiger partial charge in [0.25, 0.3) is 5.69 Å². The summed E-state index contributed by atoms with van der Waals surface area (Å²) in [6.45, 7) is 0.0368. The minimum absolute atomic E-state index is 0.0230. The molecule has 0 aliphatic heterocycles. The number of esters is 1. The van der Waals surface area contributed by atoms with Crippen molar-refractivity contribution in [1.29, 1.82) is 0 Å². The molecule has 0 amide bonds. The first-order chi connectivity index (χ1) is 13.0. The van der Waals surface area contributed by atoms with Crippen molar-refractivity contribution in [2.45, 2.75) is 12.8 Å². The average Bonchev–Trinajstić information content (AvgIpc) is 2.69. The lowest BCUT2D eigenvalue weighted by atomic mass is 10.1. The zero-order chi connectivity index (χ0) is 19.6. The predicted molar refractivity (Wildman–Crippen MR) is 99.1 cm³/mol. The van der Waals surface area contributed by atoms with E-state index in [0.717, 1.165) is 0 Å². The molecule has 0 aliphatic carbocycles. The van der Waals surface area contributed by atoms with E-state index >= 15 is 0 Å². The molecule has 2 rings (SSSR count). The second-order valence-corrected chi connectivity index (χ2v) is 5.62. The molecule has 0 spiro atoms. The quantitative estimate of drug-likeness (QED) is 0.224. The highest BCUT2D eigenvalue weighted by molar-refractivity contribution is 5.98. The molecule has 0 heterocycles. The van der Waals surface area contributed by atoms with E-state index in [1.807, 2.05) is 0 Å². The van der Waals surface area contributed by atoms with Crippen LogP contribution in [0.3, 0.4) is 0 Å². The van der Waals surface area contributed by atoms with Gasteiger partial charge in [-0.2, -0.15) is 0 Å². The first-order valence-corrected chi connectivity index (χ1v) is 8.31. The summed E-state index contributed by atoms with van der Waals surface area (Å²) in [5.74, 6) is -0.167. The third-order valence-electron chi connectivity index (χ3n) is 3.75. The predicted octanol–water partition coefficient (Wildman–Crippen LogP) is 3.22. The molecular weight excluding hydrogens is 352 g/mol. The number of ether oxygens (including phenoxy) is 2. The van der Waals surface area contributed by atoms with E-state index < -0.39 is 10.9 Å². The van der Waals surface area contributed by atoms with Crippen molar-refractivity contribution in [3.05, 3.63) is 64.2 Å². The van der Waals surface area contributed by atoms with Gasteiger partial charge in [-0.3, -0.25) is 19.7 Å². The highest BCUT2D eigenvalue weighted by Gasteiger charge is 2.13. The number of Topliss-reactive ketones (excluding diaryl/α,β-unsaturated/α-hetero) is 1. The summed E-state index contributed by atoms with van der Waals surface area (Å²) < 4.78 is 9.99. The number of ketones is 1. The fraction of sp³-hybridized carbons (Fsp3) is 0.263. The molecule has 0 unspecified atom stereocenters. The number of carbonyl (C=O) groups excluding carboxylic acids is 2. The second kappa shape index (κ2) is 9.91. The van der Waals surface area contributed by atoms with Crippen molar-refractivity contribution >= 4 is 23.1 Å². The summed E-state index contributed by atoms with van der Waals surface area (Å²) in [7, 11) is 1.53. The zero-order valence-corrected chi connectivity index (χ0v) is 14.8. The van der Waals surface area contributed by atoms with Crippen molar-refractivity contribution in [2.75, 3.05) is 25.6 Å². The number of nitro benzene ring substituents is 1. The number of nitrogens with zero attached hydrogens (tertiary/aromatic N) is 1. The summed E-state index contributed by atoms with van der Waals surface area (Å²) in [6, 6.07) is 12.8. The summed E-state index contributed by atoms with van der Waals surface area (Å²) in [4.78, 5) is 34.2. The van der Waals surface area contributed by atoms with Crippen LogP contribution in [-0.2, 0) is 9.53 Å². The van der Waals surface area contributed by atoms with E-state index in [0.29, 0.717) is 30.0 Å². The third kappa shape index (κ3) is 6.10. The smallest absolute Gasteiger partial charge is 0.306 e. The molecule has 0 bridgehead atoms. The lowest BCUT2D eigenvalue weighted by Crippen LogP contribution is -2.15. The molecule has 0 fully saturated rings. The number of nitro groups is 1. The van der Waals surface area contributed by atoms with Crippen LogP contribution in [0.5, 0.6) is 5.75 Å². The third-order valence-corrected chi connectivity index (χ3v) is 3.75. The van der Waals surface area contributed by atoms with Crippen molar-refractivity contribution < 1.29 is 24.0 Å². The minimum atomic E-state index is -0.499. The van der Waals surface area contributed by atoms with E-state index in [9.17, 15) is 19.7 Å². The molecule has 27 heavy (non-hydrogen) atoms. The Hall–Kier alpha value is -3.42. The summed E-state index contributed by atoms with van der Waals surface area (Å²) in [5, 5.41) is 13.8. The van der Waals surface area contributed by atoms with Gasteiger partial charge in [-0.1, -0.05) is 12.1 Å². The van der Waals surface area contributed by atoms with Crippen molar-refractivity contribution in [2.24, 2.45) is 0 Å². The Morgan fingerprint density at radius 1 is 1.11 bits per heavy atom. The van der Waals surface area contributed by atoms with Crippen LogP contribution < -0.4 is 10.1 Å². The Labute approximate surface area is 156 Å². The molecule has 1 N–H and O–H groups in total. The maximum atomic E-state index is 12.0. The Balaban J connectivity index is 1.70. The van der Waals surface area contributed by atoms with Gasteiger partial charge in [0.15, 0.2) is 12.4 Å². The summed E-state index contributed by atoms with van der Waals surface area (Å²) in [6.07, 6.45) is 0.519. The topological polar surface area (TPSA) is 108 Å². The number of hydrogen-bond acceptors (Lipinski definition) is 7. The first-order valence-electron chi connectivity index (χ1n) is 8.31. The molecule has 2 aromatic carbocycles. The van der Waals surface area contributed by atoms with Crippen LogP contribution >= 0.6 is 0 Å². The van der Waals surface area contributed by atoms with Crippen LogP contribution in [0.15, 0.2) is 48.5 Å². The van der Waals surface area contributed by atoms with E-state index in [4.69, 9.17) is 9.47 Å². The van der Waals surface area contributed by atoms with E-state index in [1.54, 1.807) is 42.5 Å². The molecule has 0 atom stereocenters. The van der Waals surface area contributed by atoms with E-state index in [2.05, 4.69) is 5.32 Å². The number of carbonyl (C=O) groups is 2. The van der Waals surface area contributed by atoms with Gasteiger partial charge in [0.1, 0.15) is 11.4 Å². The largest absolute Gasteiger partial charge is 0.497 e. The minimum Gasteiger partial charge on any atom is -0.497 e. The van der Waals surface area contributed by atoms with Gasteiger partial charge < -0.3 is 14.8 Å². The highest BCUT2D eigenvalue weighted by Crippen LogP contribution is 2.23. The maximum absolute atomic E-state index is 12.0. The van der Waals surface area contributed by atoms with Gasteiger partial charge in [-0.25, -0.2) is 0 Å². The molecule has 142 valence electrons. The van der Waals surface area contributed by atoms with Gasteiger partial charge in [-0.05, 0) is 36.8 Å². The van der Waals surface area contributed by atoms with Crippen molar-refractivity contribution in [1.82, 2.24) is 0 Å². The average molecular weight is 372 g/mol. The number of methoxy groups -OCH3 is 1. The van der Waals surface area contributed by atoms with Gasteiger partial charge in [0, 0.05) is 24.6 Å². The lowest BCUT2D eigenvalue weighted by Gasteiger charge is -2.07. The van der Waals surface area contributed by atoms with Crippen molar-refractivity contribution in [3.8, 4) is 5.75 Å². The number of hydrogen-bond donors (Lipinski definition) is 1. The van der Waals surface area contributed by atoms with Crippen molar-refractivity contribution in [3.63, 3.8) is 0 Å². The molecule has 8 nitrogen and oxygen atoms in total. The monoisotopic (exact) mass is 372 g/mol. The van der Waals surface area contributed by atoms with Gasteiger partial charge in [-0.15, -0.1) is 0 Å². The molecule has 0 saturated carbocycles. The van der Waals surface area contributed by atoms with Gasteiger partial charge in [0.2, 0.25) is 0 Å². The Kier molecular flexibility index (Phi) is 7.30. The van der Waals surface area contributed by atoms with Gasteiger partial charge >= 0.3 is 5.97 Å². The SMILES string of the molecule is COc1ccc(C(=O)COC(=O)CCCNc2ccccc2[N+](=O)[O-])cc1. The van der Waals surface area contributed by atoms with Crippen LogP contribution in [-0.4, -0.2) is 36.9 Å². The van der Waals surface area contributed by atoms with Crippen LogP contribution in [0.1, 0.15) is 23.2 Å². The lowest BCUT2D eigenvalue weighted by molar-refractivity contribution is -0.384. The first kappa shape index (κ1) is 19.9. The summed E-state index contributed by atoms with van der Waals surface area (Å²) >= 11 is 0. The van der Waals surface area contributed by atoms with Crippen LogP contribution in [0.25, 0.3) is 0 Å². The standard InChI is InChI=1S/C19H20N2O6/c1-26-15-10-8-14(9-11-15)18(22)13-27-19(23)7-4-12-20-16-5-2-3-6-17(16)21(24)25/h2-3,5-6,8-11,20H,4,7,12-13H2,1H3. The number of rotatable bonds is 10. The van der Waals surface area contributed by atoms with Crippen LogP contribution in [0.4, 0.5) is 11.4 Å². The number of para-hydroxylation sites is 2. The normalized spacial score (nSPS) is 10.1. The number of benzene rings is 2. The molecule has 0 radical (unpaired) electrons. The van der Waals surface area contributed by atoms with Crippen LogP contribution in [0.2, 0.25) is 0 Å². The number of anilines is 1. The zero-order valence-electron chi connectivity index (χ0n) is 14.8. The Morgan fingerprint density at radius 2 is 1.81 bits per heavy atom. The molecular formula is C19H20N2O6. The molecule has 0 aromatic heterocycles. The van der Waals surface area contributed by atoms with Gasteiger partial charge in [0.05, 0.1) is 12.0 Å². The fourth-order valence-electron chi connectivity index (χ4n) is 2.32. The second-order valence-electron chi connectivity index (χ2n) is 5.62. The highest BCUT2D eigenvalue weighted by atomic mass is 16.6. The van der Waals surface area contributed by atoms with E-state index in [1.165, 1.54) is 13.2 Å².